The van der Waals surface area contributed by atoms with Gasteiger partial charge in [0.05, 0.1) is 11.4 Å². The number of nitrogens with zero attached hydrogens (tertiary/aromatic N) is 2. The molecule has 0 spiro atoms. The first kappa shape index (κ1) is 15.2. The van der Waals surface area contributed by atoms with Crippen LogP contribution in [0, 0.1) is 11.6 Å². The van der Waals surface area contributed by atoms with E-state index in [4.69, 9.17) is 0 Å². The minimum absolute atomic E-state index is 0.115. The summed E-state index contributed by atoms with van der Waals surface area (Å²) in [5.41, 5.74) is -0.165. The van der Waals surface area contributed by atoms with Gasteiger partial charge in [0, 0.05) is 11.9 Å². The van der Waals surface area contributed by atoms with Crippen molar-refractivity contribution in [3.63, 3.8) is 0 Å². The fourth-order valence-corrected chi connectivity index (χ4v) is 4.73. The lowest BCUT2D eigenvalue weighted by Gasteiger charge is -2.21. The number of rotatable bonds is 3. The van der Waals surface area contributed by atoms with Crippen molar-refractivity contribution in [1.29, 1.82) is 0 Å². The van der Waals surface area contributed by atoms with Gasteiger partial charge < -0.3 is 0 Å². The molecule has 8 heteroatoms. The van der Waals surface area contributed by atoms with E-state index >= 15 is 0 Å². The largest absolute Gasteiger partial charge is 0.331 e. The van der Waals surface area contributed by atoms with E-state index in [0.29, 0.717) is 5.33 Å². The van der Waals surface area contributed by atoms with Gasteiger partial charge in [-0.1, -0.05) is 34.1 Å². The van der Waals surface area contributed by atoms with E-state index in [0.717, 1.165) is 20.7 Å². The Hall–Kier alpha value is -1.67. The molecule has 22 heavy (non-hydrogen) atoms. The summed E-state index contributed by atoms with van der Waals surface area (Å²) in [6, 6.07) is 9.47. The molecule has 2 aromatic carbocycles. The van der Waals surface area contributed by atoms with Crippen LogP contribution in [-0.2, 0) is 10.2 Å². The summed E-state index contributed by atoms with van der Waals surface area (Å²) >= 11 is 3.18. The van der Waals surface area contributed by atoms with E-state index in [2.05, 4.69) is 15.9 Å². The lowest BCUT2D eigenvalue weighted by atomic mass is 10.2. The molecule has 1 aliphatic rings. The Morgan fingerprint density at radius 1 is 0.955 bits per heavy atom. The molecular formula is C14H11BrF2N2O2S. The lowest BCUT2D eigenvalue weighted by Crippen LogP contribution is -2.36. The van der Waals surface area contributed by atoms with Crippen LogP contribution in [0.5, 0.6) is 0 Å². The predicted molar refractivity (Wildman–Crippen MR) is 85.0 cm³/mol. The molecule has 0 fully saturated rings. The molecule has 0 bridgehead atoms. The summed E-state index contributed by atoms with van der Waals surface area (Å²) in [5.74, 6) is -1.46. The third kappa shape index (κ3) is 2.17. The molecule has 0 aromatic heterocycles. The van der Waals surface area contributed by atoms with Crippen LogP contribution < -0.4 is 8.61 Å². The van der Waals surface area contributed by atoms with Gasteiger partial charge in [-0.3, -0.25) is 0 Å². The Morgan fingerprint density at radius 3 is 2.27 bits per heavy atom. The third-order valence-corrected chi connectivity index (χ3v) is 5.44. The molecule has 4 nitrogen and oxygen atoms in total. The molecule has 3 rings (SSSR count). The zero-order chi connectivity index (χ0) is 15.9. The quantitative estimate of drug-likeness (QED) is 0.754. The number of anilines is 3. The van der Waals surface area contributed by atoms with E-state index in [9.17, 15) is 17.2 Å². The molecule has 116 valence electrons. The van der Waals surface area contributed by atoms with Gasteiger partial charge in [-0.2, -0.15) is 8.42 Å². The normalized spacial score (nSPS) is 16.0. The summed E-state index contributed by atoms with van der Waals surface area (Å²) < 4.78 is 55.6. The highest BCUT2D eigenvalue weighted by molar-refractivity contribution is 9.09. The fourth-order valence-electron chi connectivity index (χ4n) is 2.42. The predicted octanol–water partition coefficient (Wildman–Crippen LogP) is 3.56. The van der Waals surface area contributed by atoms with Crippen molar-refractivity contribution >= 4 is 43.2 Å². The Bertz CT molecular complexity index is 829. The van der Waals surface area contributed by atoms with Gasteiger partial charge in [0.1, 0.15) is 17.3 Å². The average molecular weight is 389 g/mol. The Kier molecular flexibility index (Phi) is 3.82. The van der Waals surface area contributed by atoms with E-state index in [1.54, 1.807) is 0 Å². The molecule has 0 radical (unpaired) electrons. The second kappa shape index (κ2) is 5.51. The molecule has 0 saturated carbocycles. The van der Waals surface area contributed by atoms with Gasteiger partial charge in [0.2, 0.25) is 0 Å². The maximum Gasteiger partial charge on any atom is 0.331 e. The summed E-state index contributed by atoms with van der Waals surface area (Å²) in [6.45, 7) is 0.115. The van der Waals surface area contributed by atoms with Crippen LogP contribution in [0.25, 0.3) is 0 Å². The number of alkyl halides is 1. The first-order valence-corrected chi connectivity index (χ1v) is 8.92. The number of fused-ring (bicyclic) bond motifs is 1. The zero-order valence-electron chi connectivity index (χ0n) is 11.2. The first-order chi connectivity index (χ1) is 10.5. The molecule has 0 atom stereocenters. The van der Waals surface area contributed by atoms with Crippen molar-refractivity contribution in [2.24, 2.45) is 0 Å². The average Bonchev–Trinajstić information content (AvgIpc) is 2.70. The zero-order valence-corrected chi connectivity index (χ0v) is 13.6. The van der Waals surface area contributed by atoms with Crippen LogP contribution in [0.2, 0.25) is 0 Å². The number of para-hydroxylation sites is 2. The smallest absolute Gasteiger partial charge is 0.250 e. The Morgan fingerprint density at radius 2 is 1.59 bits per heavy atom. The Balaban J connectivity index is 2.30. The topological polar surface area (TPSA) is 40.6 Å². The highest BCUT2D eigenvalue weighted by Crippen LogP contribution is 2.47. The molecule has 1 heterocycles. The standard InChI is InChI=1S/C14H11BrF2N2O2S/c15-8-9-18-13-7-3-5-11(17)14(13)19(22(18,20)21)12-6-2-1-4-10(12)16/h1-7H,8-9H2. The second-order valence-electron chi connectivity index (χ2n) is 4.59. The SMILES string of the molecule is O=S1(=O)N(CCBr)c2cccc(F)c2N1c1ccccc1F. The third-order valence-electron chi connectivity index (χ3n) is 3.31. The molecule has 1 aliphatic heterocycles. The van der Waals surface area contributed by atoms with Crippen molar-refractivity contribution in [2.45, 2.75) is 0 Å². The van der Waals surface area contributed by atoms with Gasteiger partial charge in [-0.15, -0.1) is 0 Å². The number of hydrogen-bond donors (Lipinski definition) is 0. The fraction of sp³-hybridized carbons (Fsp3) is 0.143. The van der Waals surface area contributed by atoms with Crippen LogP contribution in [-0.4, -0.2) is 20.3 Å². The summed E-state index contributed by atoms with van der Waals surface area (Å²) in [5, 5.41) is 0.368. The minimum Gasteiger partial charge on any atom is -0.250 e. The second-order valence-corrected chi connectivity index (χ2v) is 7.09. The van der Waals surface area contributed by atoms with Crippen LogP contribution in [0.4, 0.5) is 25.8 Å². The highest BCUT2D eigenvalue weighted by atomic mass is 79.9. The van der Waals surface area contributed by atoms with Gasteiger partial charge in [0.25, 0.3) is 0 Å². The van der Waals surface area contributed by atoms with Crippen LogP contribution in [0.1, 0.15) is 0 Å². The monoisotopic (exact) mass is 388 g/mol. The maximum atomic E-state index is 14.2. The van der Waals surface area contributed by atoms with Crippen molar-refractivity contribution in [1.82, 2.24) is 0 Å². The van der Waals surface area contributed by atoms with Crippen molar-refractivity contribution in [3.05, 3.63) is 54.1 Å². The number of halogens is 3. The minimum atomic E-state index is -4.09. The van der Waals surface area contributed by atoms with E-state index in [-0.39, 0.29) is 23.6 Å². The molecule has 0 amide bonds. The van der Waals surface area contributed by atoms with E-state index in [1.165, 1.54) is 30.3 Å². The van der Waals surface area contributed by atoms with Gasteiger partial charge >= 0.3 is 10.2 Å². The molecule has 0 N–H and O–H groups in total. The molecule has 2 aromatic rings. The summed E-state index contributed by atoms with van der Waals surface area (Å²) in [7, 11) is -4.09. The van der Waals surface area contributed by atoms with Gasteiger partial charge in [0.15, 0.2) is 0 Å². The molecule has 0 saturated heterocycles. The summed E-state index contributed by atoms with van der Waals surface area (Å²) in [6.07, 6.45) is 0. The van der Waals surface area contributed by atoms with Crippen molar-refractivity contribution in [3.8, 4) is 0 Å². The Labute approximate surface area is 135 Å². The highest BCUT2D eigenvalue weighted by Gasteiger charge is 2.43. The van der Waals surface area contributed by atoms with Crippen LogP contribution in [0.3, 0.4) is 0 Å². The molecule has 0 aliphatic carbocycles. The number of benzene rings is 2. The van der Waals surface area contributed by atoms with E-state index < -0.39 is 21.8 Å². The lowest BCUT2D eigenvalue weighted by molar-refractivity contribution is 0.589. The molecule has 0 unspecified atom stereocenters. The van der Waals surface area contributed by atoms with E-state index in [1.807, 2.05) is 0 Å². The van der Waals surface area contributed by atoms with Crippen LogP contribution >= 0.6 is 15.9 Å². The summed E-state index contributed by atoms with van der Waals surface area (Å²) in [4.78, 5) is 0. The van der Waals surface area contributed by atoms with Gasteiger partial charge in [-0.25, -0.2) is 17.4 Å². The maximum absolute atomic E-state index is 14.2. The first-order valence-electron chi connectivity index (χ1n) is 6.40. The van der Waals surface area contributed by atoms with Crippen molar-refractivity contribution in [2.75, 3.05) is 20.5 Å². The molecular weight excluding hydrogens is 378 g/mol. The van der Waals surface area contributed by atoms with Crippen LogP contribution in [0.15, 0.2) is 42.5 Å². The van der Waals surface area contributed by atoms with Crippen molar-refractivity contribution < 1.29 is 17.2 Å². The van der Waals surface area contributed by atoms with Gasteiger partial charge in [-0.05, 0) is 24.3 Å². The number of hydrogen-bond acceptors (Lipinski definition) is 2.